The molecule has 1 N–H and O–H groups in total. The van der Waals surface area contributed by atoms with Crippen LogP contribution in [-0.2, 0) is 16.0 Å². The molecule has 8 nitrogen and oxygen atoms in total. The number of carbonyl (C=O) groups excluding carboxylic acids is 2. The zero-order chi connectivity index (χ0) is 19.9. The van der Waals surface area contributed by atoms with Crippen LogP contribution < -0.4 is 10.1 Å². The highest BCUT2D eigenvalue weighted by molar-refractivity contribution is 7.12. The number of ether oxygens (including phenoxy) is 2. The Morgan fingerprint density at radius 1 is 1.21 bits per heavy atom. The Balaban J connectivity index is 1.56. The average Bonchev–Trinajstić information content (AvgIpc) is 3.36. The molecule has 0 spiro atoms. The van der Waals surface area contributed by atoms with Crippen molar-refractivity contribution in [1.29, 1.82) is 0 Å². The van der Waals surface area contributed by atoms with Gasteiger partial charge in [-0.2, -0.15) is 4.98 Å². The first-order valence-corrected chi connectivity index (χ1v) is 9.50. The molecular weight excluding hydrogens is 382 g/mol. The zero-order valence-corrected chi connectivity index (χ0v) is 16.2. The van der Waals surface area contributed by atoms with E-state index < -0.39 is 5.97 Å². The Morgan fingerprint density at radius 2 is 2.00 bits per heavy atom. The largest absolute Gasteiger partial charge is 0.494 e. The number of esters is 1. The maximum atomic E-state index is 12.2. The molecule has 0 radical (unpaired) electrons. The number of amides is 1. The number of carbonyl (C=O) groups is 2. The average molecular weight is 401 g/mol. The highest BCUT2D eigenvalue weighted by Gasteiger charge is 2.16. The van der Waals surface area contributed by atoms with Crippen molar-refractivity contribution in [2.75, 3.05) is 19.0 Å². The first-order chi connectivity index (χ1) is 13.6. The molecule has 146 valence electrons. The third-order valence-corrected chi connectivity index (χ3v) is 4.66. The molecule has 2 aromatic heterocycles. The second kappa shape index (κ2) is 9.14. The van der Waals surface area contributed by atoms with Crippen LogP contribution in [0, 0.1) is 0 Å². The Kier molecular flexibility index (Phi) is 6.38. The Hall–Kier alpha value is -3.20. The smallest absolute Gasteiger partial charge is 0.350 e. The van der Waals surface area contributed by atoms with Crippen LogP contribution in [0.2, 0.25) is 0 Å². The lowest BCUT2D eigenvalue weighted by atomic mass is 10.2. The third-order valence-electron chi connectivity index (χ3n) is 3.77. The van der Waals surface area contributed by atoms with Gasteiger partial charge in [-0.15, -0.1) is 11.3 Å². The second-order valence-electron chi connectivity index (χ2n) is 5.67. The first-order valence-electron chi connectivity index (χ1n) is 8.62. The number of anilines is 1. The molecule has 0 atom stereocenters. The SMILES string of the molecule is CCOc1ccc(-c2noc(CCC(=O)Nc3ccsc3C(=O)OC)n2)cc1. The number of hydrogen-bond acceptors (Lipinski definition) is 8. The summed E-state index contributed by atoms with van der Waals surface area (Å²) in [5, 5.41) is 8.36. The zero-order valence-electron chi connectivity index (χ0n) is 15.4. The fraction of sp³-hybridized carbons (Fsp3) is 0.263. The summed E-state index contributed by atoms with van der Waals surface area (Å²) in [5.74, 6) is 0.833. The van der Waals surface area contributed by atoms with Gasteiger partial charge in [0.15, 0.2) is 0 Å². The third kappa shape index (κ3) is 4.74. The van der Waals surface area contributed by atoms with Gasteiger partial charge in [0.05, 0.1) is 19.4 Å². The first kappa shape index (κ1) is 19.6. The van der Waals surface area contributed by atoms with Crippen molar-refractivity contribution in [3.05, 3.63) is 46.5 Å². The Morgan fingerprint density at radius 3 is 2.71 bits per heavy atom. The van der Waals surface area contributed by atoms with E-state index in [1.807, 2.05) is 31.2 Å². The van der Waals surface area contributed by atoms with Crippen LogP contribution in [0.1, 0.15) is 28.9 Å². The number of nitrogens with zero attached hydrogens (tertiary/aromatic N) is 2. The van der Waals surface area contributed by atoms with Gasteiger partial charge in [0.1, 0.15) is 10.6 Å². The van der Waals surface area contributed by atoms with Crippen molar-refractivity contribution >= 4 is 28.9 Å². The molecule has 0 aliphatic rings. The molecule has 28 heavy (non-hydrogen) atoms. The van der Waals surface area contributed by atoms with E-state index in [0.717, 1.165) is 11.3 Å². The standard InChI is InChI=1S/C19H19N3O5S/c1-3-26-13-6-4-12(5-7-13)18-21-16(27-22-18)9-8-15(23)20-14-10-11-28-17(14)19(24)25-2/h4-7,10-11H,3,8-9H2,1-2H3,(H,20,23). The number of thiophene rings is 1. The molecule has 0 unspecified atom stereocenters. The normalized spacial score (nSPS) is 10.5. The van der Waals surface area contributed by atoms with E-state index in [2.05, 4.69) is 15.5 Å². The molecule has 1 aromatic carbocycles. The van der Waals surface area contributed by atoms with Crippen LogP contribution >= 0.6 is 11.3 Å². The Labute approximate surface area is 165 Å². The number of aryl methyl sites for hydroxylation is 1. The molecule has 9 heteroatoms. The van der Waals surface area contributed by atoms with E-state index in [9.17, 15) is 9.59 Å². The number of rotatable bonds is 8. The molecule has 0 saturated carbocycles. The summed E-state index contributed by atoms with van der Waals surface area (Å²) in [7, 11) is 1.30. The summed E-state index contributed by atoms with van der Waals surface area (Å²) in [5.41, 5.74) is 1.23. The van der Waals surface area contributed by atoms with Gasteiger partial charge >= 0.3 is 5.97 Å². The monoisotopic (exact) mass is 401 g/mol. The molecule has 0 fully saturated rings. The summed E-state index contributed by atoms with van der Waals surface area (Å²) in [6.45, 7) is 2.52. The van der Waals surface area contributed by atoms with Gasteiger partial charge in [0, 0.05) is 18.4 Å². The number of aromatic nitrogens is 2. The summed E-state index contributed by atoms with van der Waals surface area (Å²) < 4.78 is 15.3. The van der Waals surface area contributed by atoms with E-state index in [1.165, 1.54) is 18.4 Å². The van der Waals surface area contributed by atoms with Gasteiger partial charge in [-0.05, 0) is 42.6 Å². The fourth-order valence-corrected chi connectivity index (χ4v) is 3.20. The number of methoxy groups -OCH3 is 1. The van der Waals surface area contributed by atoms with Crippen molar-refractivity contribution < 1.29 is 23.6 Å². The molecule has 0 aliphatic carbocycles. The van der Waals surface area contributed by atoms with Crippen LogP contribution in [0.15, 0.2) is 40.2 Å². The topological polar surface area (TPSA) is 104 Å². The molecule has 0 bridgehead atoms. The minimum atomic E-state index is -0.484. The lowest BCUT2D eigenvalue weighted by Gasteiger charge is -2.04. The van der Waals surface area contributed by atoms with E-state index in [0.29, 0.717) is 28.9 Å². The van der Waals surface area contributed by atoms with Gasteiger partial charge in [-0.25, -0.2) is 4.79 Å². The van der Waals surface area contributed by atoms with Crippen LogP contribution in [0.3, 0.4) is 0 Å². The molecule has 2 heterocycles. The highest BCUT2D eigenvalue weighted by atomic mass is 32.1. The van der Waals surface area contributed by atoms with Crippen molar-refractivity contribution in [3.63, 3.8) is 0 Å². The molecule has 0 saturated heterocycles. The fourth-order valence-electron chi connectivity index (χ4n) is 2.43. The lowest BCUT2D eigenvalue weighted by Crippen LogP contribution is -2.14. The molecule has 3 aromatic rings. The summed E-state index contributed by atoms with van der Waals surface area (Å²) >= 11 is 1.20. The molecule has 0 aliphatic heterocycles. The quantitative estimate of drug-likeness (QED) is 0.576. The number of benzene rings is 1. The predicted molar refractivity (Wildman–Crippen MR) is 104 cm³/mol. The van der Waals surface area contributed by atoms with Crippen LogP contribution in [0.5, 0.6) is 5.75 Å². The van der Waals surface area contributed by atoms with E-state index >= 15 is 0 Å². The van der Waals surface area contributed by atoms with Gasteiger partial charge in [0.25, 0.3) is 0 Å². The van der Waals surface area contributed by atoms with Crippen molar-refractivity contribution in [2.24, 2.45) is 0 Å². The van der Waals surface area contributed by atoms with Gasteiger partial charge in [-0.1, -0.05) is 5.16 Å². The van der Waals surface area contributed by atoms with Gasteiger partial charge in [0.2, 0.25) is 17.6 Å². The summed E-state index contributed by atoms with van der Waals surface area (Å²) in [6.07, 6.45) is 0.426. The lowest BCUT2D eigenvalue weighted by molar-refractivity contribution is -0.116. The molecule has 1 amide bonds. The van der Waals surface area contributed by atoms with Crippen LogP contribution in [0.25, 0.3) is 11.4 Å². The maximum absolute atomic E-state index is 12.2. The van der Waals surface area contributed by atoms with E-state index in [-0.39, 0.29) is 18.7 Å². The summed E-state index contributed by atoms with van der Waals surface area (Å²) in [4.78, 5) is 28.5. The van der Waals surface area contributed by atoms with Crippen molar-refractivity contribution in [3.8, 4) is 17.1 Å². The molecular formula is C19H19N3O5S. The van der Waals surface area contributed by atoms with E-state index in [4.69, 9.17) is 14.0 Å². The maximum Gasteiger partial charge on any atom is 0.350 e. The molecule has 3 rings (SSSR count). The minimum absolute atomic E-state index is 0.140. The van der Waals surface area contributed by atoms with Crippen LogP contribution in [0.4, 0.5) is 5.69 Å². The van der Waals surface area contributed by atoms with Crippen LogP contribution in [-0.4, -0.2) is 35.7 Å². The Bertz CT molecular complexity index is 949. The highest BCUT2D eigenvalue weighted by Crippen LogP contribution is 2.24. The van der Waals surface area contributed by atoms with Crippen molar-refractivity contribution in [1.82, 2.24) is 10.1 Å². The van der Waals surface area contributed by atoms with Gasteiger partial charge in [-0.3, -0.25) is 4.79 Å². The summed E-state index contributed by atoms with van der Waals surface area (Å²) in [6, 6.07) is 9.02. The second-order valence-corrected chi connectivity index (χ2v) is 6.59. The number of hydrogen-bond donors (Lipinski definition) is 1. The van der Waals surface area contributed by atoms with Gasteiger partial charge < -0.3 is 19.3 Å². The predicted octanol–water partition coefficient (Wildman–Crippen LogP) is 3.55. The van der Waals surface area contributed by atoms with Crippen molar-refractivity contribution in [2.45, 2.75) is 19.8 Å². The number of nitrogens with one attached hydrogen (secondary N) is 1. The van der Waals surface area contributed by atoms with E-state index in [1.54, 1.807) is 11.4 Å². The minimum Gasteiger partial charge on any atom is -0.494 e.